The molecule has 1 aliphatic rings. The lowest BCUT2D eigenvalue weighted by molar-refractivity contribution is -0.126. The summed E-state index contributed by atoms with van der Waals surface area (Å²) in [5.74, 6) is 0.133. The van der Waals surface area contributed by atoms with Gasteiger partial charge in [-0.3, -0.25) is 9.59 Å². The van der Waals surface area contributed by atoms with Gasteiger partial charge in [0.15, 0.2) is 5.82 Å². The van der Waals surface area contributed by atoms with E-state index in [-0.39, 0.29) is 24.2 Å². The van der Waals surface area contributed by atoms with Crippen molar-refractivity contribution in [1.29, 1.82) is 0 Å². The highest BCUT2D eigenvalue weighted by Crippen LogP contribution is 2.26. The Morgan fingerprint density at radius 2 is 2.04 bits per heavy atom. The molecule has 7 nitrogen and oxygen atoms in total. The Labute approximate surface area is 166 Å². The van der Waals surface area contributed by atoms with Crippen molar-refractivity contribution in [2.24, 2.45) is 5.92 Å². The van der Waals surface area contributed by atoms with Gasteiger partial charge in [-0.25, -0.2) is 9.67 Å². The lowest BCUT2D eigenvalue weighted by atomic mass is 10.1. The van der Waals surface area contributed by atoms with Gasteiger partial charge in [-0.2, -0.15) is 5.10 Å². The summed E-state index contributed by atoms with van der Waals surface area (Å²) >= 11 is 5.89. The molecule has 1 aromatic carbocycles. The maximum atomic E-state index is 12.5. The van der Waals surface area contributed by atoms with E-state index in [1.165, 1.54) is 0 Å². The molecular weight excluding hydrogens is 378 g/mol. The number of hydrogen-bond donors (Lipinski definition) is 1. The Hall–Kier alpha value is -3.19. The van der Waals surface area contributed by atoms with E-state index in [2.05, 4.69) is 15.4 Å². The molecule has 8 heteroatoms. The van der Waals surface area contributed by atoms with Crippen LogP contribution in [0.15, 0.2) is 61.1 Å². The number of nitrogens with zero attached hydrogens (tertiary/aromatic N) is 4. The van der Waals surface area contributed by atoms with Crippen molar-refractivity contribution in [1.82, 2.24) is 20.1 Å². The van der Waals surface area contributed by atoms with E-state index in [4.69, 9.17) is 11.6 Å². The minimum absolute atomic E-state index is 0.0623. The summed E-state index contributed by atoms with van der Waals surface area (Å²) in [6, 6.07) is 12.6. The molecule has 0 bridgehead atoms. The van der Waals surface area contributed by atoms with Crippen molar-refractivity contribution in [2.45, 2.75) is 13.0 Å². The number of aromatic nitrogens is 3. The molecule has 0 aliphatic carbocycles. The molecule has 1 saturated heterocycles. The molecule has 1 aliphatic heterocycles. The highest BCUT2D eigenvalue weighted by molar-refractivity contribution is 6.30. The predicted molar refractivity (Wildman–Crippen MR) is 105 cm³/mol. The van der Waals surface area contributed by atoms with E-state index in [0.717, 1.165) is 11.3 Å². The Balaban J connectivity index is 1.34. The van der Waals surface area contributed by atoms with Crippen LogP contribution in [0.25, 0.3) is 5.82 Å². The predicted octanol–water partition coefficient (Wildman–Crippen LogP) is 2.59. The summed E-state index contributed by atoms with van der Waals surface area (Å²) in [7, 11) is 0. The van der Waals surface area contributed by atoms with Crippen LogP contribution >= 0.6 is 11.6 Å². The van der Waals surface area contributed by atoms with Crippen LogP contribution in [0.3, 0.4) is 0 Å². The second-order valence-corrected chi connectivity index (χ2v) is 7.01. The molecule has 3 aromatic rings. The van der Waals surface area contributed by atoms with Gasteiger partial charge in [-0.05, 0) is 42.0 Å². The first kappa shape index (κ1) is 18.2. The topological polar surface area (TPSA) is 80.1 Å². The number of carbonyl (C=O) groups is 2. The number of carbonyl (C=O) groups excluding carboxylic acids is 2. The molecule has 4 rings (SSSR count). The molecule has 0 unspecified atom stereocenters. The number of benzene rings is 1. The van der Waals surface area contributed by atoms with Crippen LogP contribution in [-0.2, 0) is 16.1 Å². The second-order valence-electron chi connectivity index (χ2n) is 6.57. The number of anilines is 1. The summed E-state index contributed by atoms with van der Waals surface area (Å²) < 4.78 is 1.66. The zero-order valence-electron chi connectivity index (χ0n) is 15.0. The number of halogens is 1. The number of rotatable bonds is 5. The maximum Gasteiger partial charge on any atom is 0.227 e. The van der Waals surface area contributed by atoms with Crippen molar-refractivity contribution < 1.29 is 9.59 Å². The molecule has 2 aromatic heterocycles. The zero-order chi connectivity index (χ0) is 19.5. The van der Waals surface area contributed by atoms with Gasteiger partial charge in [-0.1, -0.05) is 17.7 Å². The third-order valence-electron chi connectivity index (χ3n) is 4.65. The van der Waals surface area contributed by atoms with Crippen LogP contribution < -0.4 is 10.2 Å². The van der Waals surface area contributed by atoms with Crippen molar-refractivity contribution in [3.8, 4) is 5.82 Å². The van der Waals surface area contributed by atoms with E-state index < -0.39 is 0 Å². The van der Waals surface area contributed by atoms with Crippen molar-refractivity contribution in [2.75, 3.05) is 11.4 Å². The van der Waals surface area contributed by atoms with Gasteiger partial charge in [0.05, 0.1) is 5.92 Å². The summed E-state index contributed by atoms with van der Waals surface area (Å²) in [6.07, 6.45) is 5.40. The van der Waals surface area contributed by atoms with Crippen molar-refractivity contribution >= 4 is 29.1 Å². The van der Waals surface area contributed by atoms with Gasteiger partial charge >= 0.3 is 0 Å². The number of nitrogens with one attached hydrogen (secondary N) is 1. The maximum absolute atomic E-state index is 12.5. The lowest BCUT2D eigenvalue weighted by Crippen LogP contribution is -2.32. The first-order chi connectivity index (χ1) is 13.6. The average molecular weight is 396 g/mol. The summed E-state index contributed by atoms with van der Waals surface area (Å²) in [5, 5.41) is 7.63. The molecule has 0 radical (unpaired) electrons. The first-order valence-electron chi connectivity index (χ1n) is 8.89. The third kappa shape index (κ3) is 3.89. The van der Waals surface area contributed by atoms with Gasteiger partial charge < -0.3 is 10.2 Å². The van der Waals surface area contributed by atoms with E-state index in [1.807, 2.05) is 24.4 Å². The second kappa shape index (κ2) is 7.82. The SMILES string of the molecule is O=C(NCc1ccc(-n2cccn2)nc1)[C@H]1CC(=O)N(c2ccc(Cl)cc2)C1. The van der Waals surface area contributed by atoms with Crippen molar-refractivity contribution in [3.05, 3.63) is 71.6 Å². The molecule has 0 spiro atoms. The van der Waals surface area contributed by atoms with Crippen LogP contribution in [0.4, 0.5) is 5.69 Å². The Morgan fingerprint density at radius 3 is 2.71 bits per heavy atom. The van der Waals surface area contributed by atoms with Gasteiger partial charge in [0.25, 0.3) is 0 Å². The molecule has 1 fully saturated rings. The Morgan fingerprint density at radius 1 is 1.21 bits per heavy atom. The quantitative estimate of drug-likeness (QED) is 0.720. The molecular formula is C20H18ClN5O2. The fraction of sp³-hybridized carbons (Fsp3) is 0.200. The van der Waals surface area contributed by atoms with E-state index in [9.17, 15) is 9.59 Å². The summed E-state index contributed by atoms with van der Waals surface area (Å²) in [4.78, 5) is 30.8. The molecule has 2 amide bonds. The van der Waals surface area contributed by atoms with Gasteiger partial charge in [-0.15, -0.1) is 0 Å². The lowest BCUT2D eigenvalue weighted by Gasteiger charge is -2.16. The number of pyridine rings is 1. The first-order valence-corrected chi connectivity index (χ1v) is 9.26. The molecule has 1 atom stereocenters. The zero-order valence-corrected chi connectivity index (χ0v) is 15.7. The molecule has 28 heavy (non-hydrogen) atoms. The van der Waals surface area contributed by atoms with E-state index >= 15 is 0 Å². The summed E-state index contributed by atoms with van der Waals surface area (Å²) in [6.45, 7) is 0.722. The standard InChI is InChI=1S/C20H18ClN5O2/c21-16-3-5-17(6-4-16)25-13-15(10-19(25)27)20(28)23-12-14-2-7-18(22-11-14)26-9-1-8-24-26/h1-9,11,15H,10,12-13H2,(H,23,28)/t15-/m0/s1. The molecule has 142 valence electrons. The highest BCUT2D eigenvalue weighted by atomic mass is 35.5. The monoisotopic (exact) mass is 395 g/mol. The highest BCUT2D eigenvalue weighted by Gasteiger charge is 2.34. The largest absolute Gasteiger partial charge is 0.352 e. The number of hydrogen-bond acceptors (Lipinski definition) is 4. The third-order valence-corrected chi connectivity index (χ3v) is 4.90. The van der Waals surface area contributed by atoms with E-state index in [0.29, 0.717) is 23.9 Å². The molecule has 3 heterocycles. The van der Waals surface area contributed by atoms with Crippen LogP contribution in [0.2, 0.25) is 5.02 Å². The van der Waals surface area contributed by atoms with E-state index in [1.54, 1.807) is 46.2 Å². The van der Waals surface area contributed by atoms with Crippen molar-refractivity contribution in [3.63, 3.8) is 0 Å². The summed E-state index contributed by atoms with van der Waals surface area (Å²) in [5.41, 5.74) is 1.63. The molecule has 0 saturated carbocycles. The van der Waals surface area contributed by atoms with Gasteiger partial charge in [0, 0.05) is 48.8 Å². The minimum atomic E-state index is -0.375. The van der Waals surface area contributed by atoms with Gasteiger partial charge in [0.2, 0.25) is 11.8 Å². The average Bonchev–Trinajstić information content (AvgIpc) is 3.37. The fourth-order valence-corrected chi connectivity index (χ4v) is 3.27. The van der Waals surface area contributed by atoms with Crippen LogP contribution in [0.5, 0.6) is 0 Å². The van der Waals surface area contributed by atoms with Crippen LogP contribution in [0, 0.1) is 5.92 Å². The smallest absolute Gasteiger partial charge is 0.227 e. The normalized spacial score (nSPS) is 16.4. The molecule has 1 N–H and O–H groups in total. The Bertz CT molecular complexity index is 971. The van der Waals surface area contributed by atoms with Gasteiger partial charge in [0.1, 0.15) is 0 Å². The number of amides is 2. The fourth-order valence-electron chi connectivity index (χ4n) is 3.15. The Kier molecular flexibility index (Phi) is 5.08. The van der Waals surface area contributed by atoms with Crippen LogP contribution in [-0.4, -0.2) is 33.1 Å². The van der Waals surface area contributed by atoms with Crippen LogP contribution in [0.1, 0.15) is 12.0 Å². The minimum Gasteiger partial charge on any atom is -0.352 e.